The van der Waals surface area contributed by atoms with Crippen LogP contribution in [-0.2, 0) is 0 Å². The summed E-state index contributed by atoms with van der Waals surface area (Å²) in [5, 5.41) is 3.73. The Morgan fingerprint density at radius 3 is 1.20 bits per heavy atom. The third-order valence-electron chi connectivity index (χ3n) is 5.87. The second-order valence-electron chi connectivity index (χ2n) is 6.56. The molecule has 4 heterocycles. The number of fused-ring (bicyclic) bond motifs is 1. The first-order chi connectivity index (χ1) is 9.93. The van der Waals surface area contributed by atoms with Crippen molar-refractivity contribution in [3.05, 3.63) is 0 Å². The van der Waals surface area contributed by atoms with E-state index in [1.807, 2.05) is 0 Å². The smallest absolute Gasteiger partial charge is 0.0381 e. The maximum atomic E-state index is 1.66. The van der Waals surface area contributed by atoms with Gasteiger partial charge in [0.15, 0.2) is 0 Å². The molecule has 20 heavy (non-hydrogen) atoms. The molecule has 6 atom stereocenters. The fourth-order valence-electron chi connectivity index (χ4n) is 5.21. The first-order valence-electron chi connectivity index (χ1n) is 7.80. The highest BCUT2D eigenvalue weighted by molar-refractivity contribution is 6.79. The molecule has 16 radical (unpaired) electrons. The molecule has 0 N–H and O–H groups in total. The lowest BCUT2D eigenvalue weighted by molar-refractivity contribution is 0.342. The van der Waals surface area contributed by atoms with E-state index in [4.69, 9.17) is 0 Å². The summed E-state index contributed by atoms with van der Waals surface area (Å²) in [6.07, 6.45) is 0. The van der Waals surface area contributed by atoms with Crippen molar-refractivity contribution in [1.82, 2.24) is 0 Å². The van der Waals surface area contributed by atoms with Crippen LogP contribution in [0, 0.1) is 17.8 Å². The second-order valence-corrected chi connectivity index (χ2v) is 22.3. The predicted octanol–water partition coefficient (Wildman–Crippen LogP) is 0.855. The number of hydrogen-bond donors (Lipinski definition) is 0. The molecule has 0 aromatic heterocycles. The van der Waals surface area contributed by atoms with E-state index in [0.717, 1.165) is 0 Å². The van der Waals surface area contributed by atoms with Crippen molar-refractivity contribution >= 4 is 76.2 Å². The highest BCUT2D eigenvalue weighted by atomic mass is 28.3. The maximum Gasteiger partial charge on any atom is 0.0381 e. The van der Waals surface area contributed by atoms with Crippen molar-refractivity contribution in [2.45, 2.75) is 49.2 Å². The Kier molecular flexibility index (Phi) is 4.00. The third kappa shape index (κ3) is 2.08. The minimum absolute atomic E-state index is 1.24. The average molecular weight is 385 g/mol. The van der Waals surface area contributed by atoms with Gasteiger partial charge in [-0.25, -0.2) is 0 Å². The highest BCUT2D eigenvalue weighted by Gasteiger charge is 2.59. The molecular weight excluding hydrogens is 369 g/mol. The van der Waals surface area contributed by atoms with E-state index >= 15 is 0 Å². The fraction of sp³-hybridized carbons (Fsp3) is 1.00. The summed E-state index contributed by atoms with van der Waals surface area (Å²) >= 11 is 0. The predicted molar refractivity (Wildman–Crippen MR) is 94.5 cm³/mol. The molecule has 8 heteroatoms. The lowest BCUT2D eigenvalue weighted by Gasteiger charge is -2.38. The minimum atomic E-state index is 1.24. The quantitative estimate of drug-likeness (QED) is 0.543. The first-order valence-corrected chi connectivity index (χ1v) is 18.1. The Bertz CT molecular complexity index is 358. The molecule has 0 spiro atoms. The topological polar surface area (TPSA) is 0 Å². The molecule has 5 rings (SSSR count). The SMILES string of the molecule is C1[Si]C2[Si]C[Si]C3C4[Si]C[Si]C5[Si]C[Si]C([Si]1)C(C23)C54. The summed E-state index contributed by atoms with van der Waals surface area (Å²) in [5.74, 6) is 3.80. The van der Waals surface area contributed by atoms with Gasteiger partial charge in [-0.15, -0.1) is 0 Å². The molecule has 5 fully saturated rings. The minimum Gasteiger partial charge on any atom is -0.0691 e. The van der Waals surface area contributed by atoms with E-state index < -0.39 is 0 Å². The molecule has 5 aliphatic rings. The zero-order chi connectivity index (χ0) is 13.1. The van der Waals surface area contributed by atoms with Gasteiger partial charge in [0.2, 0.25) is 0 Å². The van der Waals surface area contributed by atoms with Crippen LogP contribution in [0.15, 0.2) is 0 Å². The zero-order valence-corrected chi connectivity index (χ0v) is 19.4. The van der Waals surface area contributed by atoms with Gasteiger partial charge in [0.05, 0.1) is 0 Å². The van der Waals surface area contributed by atoms with Gasteiger partial charge in [-0.3, -0.25) is 0 Å². The summed E-state index contributed by atoms with van der Waals surface area (Å²) < 4.78 is 0. The summed E-state index contributed by atoms with van der Waals surface area (Å²) in [5.41, 5.74) is 9.15. The van der Waals surface area contributed by atoms with Crippen molar-refractivity contribution in [3.8, 4) is 0 Å². The van der Waals surface area contributed by atoms with Crippen molar-refractivity contribution in [1.29, 1.82) is 0 Å². The van der Waals surface area contributed by atoms with E-state index in [9.17, 15) is 0 Å². The summed E-state index contributed by atoms with van der Waals surface area (Å²) in [4.78, 5) is 0. The molecule has 0 aromatic rings. The van der Waals surface area contributed by atoms with Gasteiger partial charge < -0.3 is 0 Å². The molecule has 4 aliphatic heterocycles. The molecule has 0 bridgehead atoms. The van der Waals surface area contributed by atoms with Gasteiger partial charge >= 0.3 is 0 Å². The van der Waals surface area contributed by atoms with Crippen molar-refractivity contribution < 1.29 is 0 Å². The third-order valence-corrected chi connectivity index (χ3v) is 23.8. The van der Waals surface area contributed by atoms with E-state index in [1.54, 1.807) is 22.7 Å². The van der Waals surface area contributed by atoms with Gasteiger partial charge in [-0.2, -0.15) is 0 Å². The molecule has 0 nitrogen and oxygen atoms in total. The molecular formula is C12H16Si8. The van der Waals surface area contributed by atoms with Gasteiger partial charge in [0.25, 0.3) is 0 Å². The zero-order valence-electron chi connectivity index (χ0n) is 11.4. The standard InChI is InChI=1S/C12H16Si8/c1-13-8-6-5-7-9(8)14-2-16-12(7)20-4-18-10(5)17-3-19-11(6)15-1/h5-12H,1-4H2. The van der Waals surface area contributed by atoms with Crippen LogP contribution in [0.25, 0.3) is 0 Å². The van der Waals surface area contributed by atoms with Crippen LogP contribution in [0.2, 0.25) is 49.2 Å². The Morgan fingerprint density at radius 1 is 0.400 bits per heavy atom. The molecule has 1 aliphatic carbocycles. The lowest BCUT2D eigenvalue weighted by Crippen LogP contribution is -2.34. The molecule has 0 amide bonds. The molecule has 1 saturated carbocycles. The van der Waals surface area contributed by atoms with Crippen LogP contribution < -0.4 is 0 Å². The Hall–Kier alpha value is 1.74. The Balaban J connectivity index is 1.59. The Labute approximate surface area is 142 Å². The van der Waals surface area contributed by atoms with Crippen LogP contribution in [-0.4, -0.2) is 76.2 Å². The fourth-order valence-corrected chi connectivity index (χ4v) is 29.5. The van der Waals surface area contributed by atoms with Crippen molar-refractivity contribution in [2.75, 3.05) is 0 Å². The second kappa shape index (κ2) is 5.67. The molecule has 96 valence electrons. The normalized spacial score (nSPS) is 57.6. The van der Waals surface area contributed by atoms with E-state index in [1.165, 1.54) is 120 Å². The van der Waals surface area contributed by atoms with Crippen LogP contribution in [0.1, 0.15) is 0 Å². The molecule has 6 unspecified atom stereocenters. The van der Waals surface area contributed by atoms with Crippen molar-refractivity contribution in [3.63, 3.8) is 0 Å². The van der Waals surface area contributed by atoms with Crippen LogP contribution >= 0.6 is 0 Å². The lowest BCUT2D eigenvalue weighted by atomic mass is 9.92. The van der Waals surface area contributed by atoms with Gasteiger partial charge in [0.1, 0.15) is 0 Å². The molecule has 4 saturated heterocycles. The van der Waals surface area contributed by atoms with E-state index in [0.29, 0.717) is 0 Å². The summed E-state index contributed by atoms with van der Waals surface area (Å²) in [6, 6.07) is 0. The van der Waals surface area contributed by atoms with E-state index in [2.05, 4.69) is 0 Å². The Morgan fingerprint density at radius 2 is 0.750 bits per heavy atom. The van der Waals surface area contributed by atoms with Crippen LogP contribution in [0.4, 0.5) is 0 Å². The van der Waals surface area contributed by atoms with Crippen LogP contribution in [0.5, 0.6) is 0 Å². The van der Waals surface area contributed by atoms with Crippen LogP contribution in [0.3, 0.4) is 0 Å². The van der Waals surface area contributed by atoms with E-state index in [-0.39, 0.29) is 0 Å². The summed E-state index contributed by atoms with van der Waals surface area (Å²) in [6.45, 7) is 0. The maximum absolute atomic E-state index is 1.66. The summed E-state index contributed by atoms with van der Waals surface area (Å²) in [7, 11) is 11.1. The van der Waals surface area contributed by atoms with Gasteiger partial charge in [0, 0.05) is 76.2 Å². The first kappa shape index (κ1) is 14.1. The monoisotopic (exact) mass is 384 g/mol. The van der Waals surface area contributed by atoms with Crippen molar-refractivity contribution in [2.24, 2.45) is 17.8 Å². The van der Waals surface area contributed by atoms with Gasteiger partial charge in [-0.05, 0) is 28.8 Å². The average Bonchev–Trinajstić information content (AvgIpc) is 2.59. The molecule has 0 aromatic carbocycles. The number of rotatable bonds is 0. The highest BCUT2D eigenvalue weighted by Crippen LogP contribution is 2.67. The van der Waals surface area contributed by atoms with Gasteiger partial charge in [-0.1, -0.05) is 38.2 Å². The number of hydrogen-bond acceptors (Lipinski definition) is 0. The largest absolute Gasteiger partial charge is 0.0691 e.